The number of carbonyl (C=O) groups is 2. The van der Waals surface area contributed by atoms with E-state index in [1.165, 1.54) is 6.08 Å². The van der Waals surface area contributed by atoms with Crippen LogP contribution in [0.15, 0.2) is 53.8 Å². The highest BCUT2D eigenvalue weighted by Crippen LogP contribution is 2.32. The van der Waals surface area contributed by atoms with Gasteiger partial charge in [0.1, 0.15) is 0 Å². The van der Waals surface area contributed by atoms with Crippen molar-refractivity contribution in [3.8, 4) is 22.6 Å². The molecule has 12 nitrogen and oxygen atoms in total. The number of carbonyl (C=O) groups excluding carboxylic acids is 2. The Kier molecular flexibility index (Phi) is 6.94. The second kappa shape index (κ2) is 10.4. The summed E-state index contributed by atoms with van der Waals surface area (Å²) in [5, 5.41) is 14.3. The predicted octanol–water partition coefficient (Wildman–Crippen LogP) is 4.41. The van der Waals surface area contributed by atoms with Crippen molar-refractivity contribution in [2.75, 3.05) is 5.32 Å². The summed E-state index contributed by atoms with van der Waals surface area (Å²) in [6.07, 6.45) is 4.51. The normalized spacial score (nSPS) is 11.5. The lowest BCUT2D eigenvalue weighted by Crippen LogP contribution is -2.23. The van der Waals surface area contributed by atoms with Gasteiger partial charge in [-0.15, -0.1) is 0 Å². The summed E-state index contributed by atoms with van der Waals surface area (Å²) in [5.41, 5.74) is 4.09. The SMILES string of the molecule is C=CC(=O)Nc1cn(C)nc1-c1nc2nccc(-c3ccc(CNC(=O)c4nc(C(C)(C)C)no4)c(Cl)c3)c2[nH]1. The van der Waals surface area contributed by atoms with Crippen LogP contribution in [0.2, 0.25) is 5.02 Å². The van der Waals surface area contributed by atoms with E-state index in [9.17, 15) is 9.59 Å². The highest BCUT2D eigenvalue weighted by Gasteiger charge is 2.24. The fraction of sp³-hybridized carbons (Fsp3) is 0.222. The number of nitrogens with zero attached hydrogens (tertiary/aromatic N) is 6. The van der Waals surface area contributed by atoms with Gasteiger partial charge in [0.25, 0.3) is 0 Å². The Hall–Kier alpha value is -4.84. The Bertz CT molecular complexity index is 1760. The number of benzene rings is 1. The molecule has 0 saturated carbocycles. The smallest absolute Gasteiger partial charge is 0.315 e. The average molecular weight is 560 g/mol. The van der Waals surface area contributed by atoms with Gasteiger partial charge in [-0.25, -0.2) is 9.97 Å². The fourth-order valence-corrected chi connectivity index (χ4v) is 4.18. The van der Waals surface area contributed by atoms with E-state index in [0.29, 0.717) is 44.8 Å². The van der Waals surface area contributed by atoms with Crippen LogP contribution in [0.5, 0.6) is 0 Å². The minimum absolute atomic E-state index is 0.105. The number of aromatic amines is 1. The molecule has 0 bridgehead atoms. The molecule has 0 aliphatic rings. The Morgan fingerprint density at radius 1 is 1.23 bits per heavy atom. The van der Waals surface area contributed by atoms with Crippen molar-refractivity contribution >= 4 is 40.3 Å². The zero-order chi connectivity index (χ0) is 28.6. The van der Waals surface area contributed by atoms with Gasteiger partial charge in [-0.05, 0) is 29.3 Å². The second-order valence-electron chi connectivity index (χ2n) is 10.1. The Balaban J connectivity index is 1.38. The summed E-state index contributed by atoms with van der Waals surface area (Å²) in [7, 11) is 1.75. The van der Waals surface area contributed by atoms with E-state index < -0.39 is 5.91 Å². The lowest BCUT2D eigenvalue weighted by atomic mass is 9.96. The van der Waals surface area contributed by atoms with Gasteiger partial charge in [-0.1, -0.05) is 56.2 Å². The van der Waals surface area contributed by atoms with Crippen LogP contribution in [0.3, 0.4) is 0 Å². The van der Waals surface area contributed by atoms with Gasteiger partial charge in [-0.2, -0.15) is 10.1 Å². The molecule has 204 valence electrons. The standard InChI is InChI=1S/C27H26ClN9O3/c1-6-19(38)31-18-13-37(5)35-21(18)23-32-20-16(9-10-29-22(20)33-23)14-7-8-15(17(28)11-14)12-30-24(39)25-34-26(36-40-25)27(2,3)4/h6-11,13H,1,12H2,2-5H3,(H,30,39)(H,31,38)(H,29,32,33). The topological polar surface area (TPSA) is 157 Å². The van der Waals surface area contributed by atoms with E-state index in [0.717, 1.165) is 11.1 Å². The van der Waals surface area contributed by atoms with Gasteiger partial charge in [0, 0.05) is 42.0 Å². The van der Waals surface area contributed by atoms with Crippen LogP contribution in [0.25, 0.3) is 33.8 Å². The van der Waals surface area contributed by atoms with Crippen LogP contribution in [0.4, 0.5) is 5.69 Å². The first kappa shape index (κ1) is 26.8. The molecule has 1 aromatic carbocycles. The van der Waals surface area contributed by atoms with Crippen LogP contribution >= 0.6 is 11.6 Å². The summed E-state index contributed by atoms with van der Waals surface area (Å²) in [6.45, 7) is 9.45. The monoisotopic (exact) mass is 559 g/mol. The molecular weight excluding hydrogens is 534 g/mol. The van der Waals surface area contributed by atoms with Crippen molar-refractivity contribution in [3.05, 3.63) is 71.6 Å². The molecule has 5 aromatic rings. The maximum Gasteiger partial charge on any atom is 0.315 e. The number of pyridine rings is 1. The molecule has 4 aromatic heterocycles. The fourth-order valence-electron chi connectivity index (χ4n) is 3.93. The number of aromatic nitrogens is 7. The number of hydrogen-bond acceptors (Lipinski definition) is 8. The Morgan fingerprint density at radius 2 is 2.02 bits per heavy atom. The van der Waals surface area contributed by atoms with Gasteiger partial charge >= 0.3 is 11.8 Å². The number of H-pyrrole nitrogens is 1. The molecule has 0 spiro atoms. The molecule has 2 amide bonds. The number of halogens is 1. The van der Waals surface area contributed by atoms with Crippen LogP contribution < -0.4 is 10.6 Å². The van der Waals surface area contributed by atoms with Crippen molar-refractivity contribution < 1.29 is 14.1 Å². The van der Waals surface area contributed by atoms with Gasteiger partial charge in [-0.3, -0.25) is 14.3 Å². The first-order valence-corrected chi connectivity index (χ1v) is 12.6. The third-order valence-electron chi connectivity index (χ3n) is 5.98. The summed E-state index contributed by atoms with van der Waals surface area (Å²) >= 11 is 6.61. The molecule has 0 aliphatic heterocycles. The van der Waals surface area contributed by atoms with Crippen LogP contribution in [-0.4, -0.2) is 46.7 Å². The molecule has 5 rings (SSSR count). The largest absolute Gasteiger partial charge is 0.344 e. The number of aryl methyl sites for hydroxylation is 1. The van der Waals surface area contributed by atoms with Crippen LogP contribution in [-0.2, 0) is 23.8 Å². The molecule has 0 unspecified atom stereocenters. The summed E-state index contributed by atoms with van der Waals surface area (Å²) < 4.78 is 6.68. The van der Waals surface area contributed by atoms with E-state index in [2.05, 4.69) is 47.4 Å². The van der Waals surface area contributed by atoms with Crippen molar-refractivity contribution in [3.63, 3.8) is 0 Å². The third-order valence-corrected chi connectivity index (χ3v) is 6.33. The van der Waals surface area contributed by atoms with E-state index in [1.807, 2.05) is 39.0 Å². The molecule has 0 atom stereocenters. The van der Waals surface area contributed by atoms with E-state index in [4.69, 9.17) is 16.1 Å². The van der Waals surface area contributed by atoms with E-state index in [1.54, 1.807) is 30.2 Å². The summed E-state index contributed by atoms with van der Waals surface area (Å²) in [5.74, 6) is -0.0570. The molecule has 13 heteroatoms. The lowest BCUT2D eigenvalue weighted by molar-refractivity contribution is -0.111. The molecular formula is C27H26ClN9O3. The number of amides is 2. The second-order valence-corrected chi connectivity index (χ2v) is 10.5. The predicted molar refractivity (Wildman–Crippen MR) is 150 cm³/mol. The van der Waals surface area contributed by atoms with Gasteiger partial charge in [0.05, 0.1) is 11.2 Å². The highest BCUT2D eigenvalue weighted by atomic mass is 35.5. The van der Waals surface area contributed by atoms with Crippen LogP contribution in [0, 0.1) is 0 Å². The molecule has 4 heterocycles. The first-order valence-electron chi connectivity index (χ1n) is 12.3. The maximum atomic E-state index is 12.5. The summed E-state index contributed by atoms with van der Waals surface area (Å²) in [4.78, 5) is 40.8. The van der Waals surface area contributed by atoms with Gasteiger partial charge < -0.3 is 20.1 Å². The van der Waals surface area contributed by atoms with Crippen molar-refractivity contribution in [1.82, 2.24) is 40.2 Å². The van der Waals surface area contributed by atoms with E-state index >= 15 is 0 Å². The zero-order valence-corrected chi connectivity index (χ0v) is 23.0. The van der Waals surface area contributed by atoms with Crippen molar-refractivity contribution in [2.24, 2.45) is 7.05 Å². The molecule has 40 heavy (non-hydrogen) atoms. The van der Waals surface area contributed by atoms with Crippen molar-refractivity contribution in [2.45, 2.75) is 32.7 Å². The number of anilines is 1. The maximum absolute atomic E-state index is 12.5. The molecule has 0 aliphatic carbocycles. The minimum Gasteiger partial charge on any atom is -0.344 e. The van der Waals surface area contributed by atoms with E-state index in [-0.39, 0.29) is 23.8 Å². The third kappa shape index (κ3) is 5.34. The Labute approximate surface area is 233 Å². The van der Waals surface area contributed by atoms with Crippen LogP contribution in [0.1, 0.15) is 42.8 Å². The zero-order valence-electron chi connectivity index (χ0n) is 22.2. The van der Waals surface area contributed by atoms with Crippen molar-refractivity contribution in [1.29, 1.82) is 0 Å². The lowest BCUT2D eigenvalue weighted by Gasteiger charge is -2.11. The molecule has 0 radical (unpaired) electrons. The minimum atomic E-state index is -0.484. The summed E-state index contributed by atoms with van der Waals surface area (Å²) in [6, 6.07) is 7.37. The number of imidazole rings is 1. The highest BCUT2D eigenvalue weighted by molar-refractivity contribution is 6.31. The van der Waals surface area contributed by atoms with Gasteiger partial charge in [0.2, 0.25) is 5.91 Å². The molecule has 0 fully saturated rings. The number of fused-ring (bicyclic) bond motifs is 1. The Morgan fingerprint density at radius 3 is 2.73 bits per heavy atom. The number of rotatable bonds is 7. The molecule has 3 N–H and O–H groups in total. The average Bonchev–Trinajstić information content (AvgIpc) is 3.65. The first-order chi connectivity index (χ1) is 19.0. The molecule has 0 saturated heterocycles. The number of hydrogen-bond donors (Lipinski definition) is 3. The number of nitrogens with one attached hydrogen (secondary N) is 3. The quantitative estimate of drug-likeness (QED) is 0.247. The van der Waals surface area contributed by atoms with Gasteiger partial charge in [0.15, 0.2) is 23.0 Å².